The number of pyridine rings is 1. The number of likely N-dealkylation sites (tertiary alicyclic amines) is 1. The van der Waals surface area contributed by atoms with Crippen molar-refractivity contribution < 1.29 is 14.4 Å². The van der Waals surface area contributed by atoms with Gasteiger partial charge in [-0.25, -0.2) is 0 Å². The standard InChI is InChI=1S/C28H36N4O3/c1-18(2)19-8-10-22(11-9-19)28(33,27(3)16-32(4)17-27)23-12-21(13-29-14-23)25-30-26(35-31-25)24(15-34-5)20-6-7-20/h8-14,18,20,24,33H,6-7,15-17H2,1-5H3. The van der Waals surface area contributed by atoms with Gasteiger partial charge in [0, 0.05) is 49.1 Å². The molecule has 3 aromatic rings. The Hall–Kier alpha value is -2.61. The minimum atomic E-state index is -1.21. The zero-order valence-electron chi connectivity index (χ0n) is 21.4. The number of nitrogens with zero attached hydrogens (tertiary/aromatic N) is 4. The predicted molar refractivity (Wildman–Crippen MR) is 134 cm³/mol. The zero-order valence-corrected chi connectivity index (χ0v) is 21.4. The van der Waals surface area contributed by atoms with E-state index >= 15 is 0 Å². The number of hydrogen-bond acceptors (Lipinski definition) is 7. The molecule has 5 rings (SSSR count). The van der Waals surface area contributed by atoms with Crippen molar-refractivity contribution in [3.8, 4) is 11.4 Å². The Bertz CT molecular complexity index is 1160. The number of aromatic nitrogens is 3. The van der Waals surface area contributed by atoms with Gasteiger partial charge in [-0.1, -0.05) is 50.2 Å². The Labute approximate surface area is 207 Å². The Morgan fingerprint density at radius 2 is 1.89 bits per heavy atom. The van der Waals surface area contributed by atoms with Crippen molar-refractivity contribution in [1.29, 1.82) is 0 Å². The van der Waals surface area contributed by atoms with Crippen LogP contribution < -0.4 is 0 Å². The van der Waals surface area contributed by atoms with Crippen molar-refractivity contribution in [3.05, 3.63) is 65.3 Å². The molecule has 7 nitrogen and oxygen atoms in total. The molecular weight excluding hydrogens is 440 g/mol. The van der Waals surface area contributed by atoms with E-state index in [2.05, 4.69) is 67.1 Å². The maximum absolute atomic E-state index is 12.4. The summed E-state index contributed by atoms with van der Waals surface area (Å²) in [6, 6.07) is 10.3. The summed E-state index contributed by atoms with van der Waals surface area (Å²) in [5.41, 5.74) is 2.03. The summed E-state index contributed by atoms with van der Waals surface area (Å²) in [5.74, 6) is 2.20. The molecular formula is C28H36N4O3. The van der Waals surface area contributed by atoms with Gasteiger partial charge < -0.3 is 19.3 Å². The van der Waals surface area contributed by atoms with Crippen molar-refractivity contribution in [2.24, 2.45) is 11.3 Å². The molecule has 35 heavy (non-hydrogen) atoms. The Morgan fingerprint density at radius 1 is 1.17 bits per heavy atom. The monoisotopic (exact) mass is 476 g/mol. The molecule has 3 heterocycles. The number of rotatable bonds is 9. The lowest BCUT2D eigenvalue weighted by atomic mass is 9.62. The molecule has 2 unspecified atom stereocenters. The summed E-state index contributed by atoms with van der Waals surface area (Å²) in [4.78, 5) is 11.4. The average molecular weight is 477 g/mol. The summed E-state index contributed by atoms with van der Waals surface area (Å²) in [6.45, 7) is 8.64. The van der Waals surface area contributed by atoms with E-state index in [4.69, 9.17) is 14.2 Å². The number of aliphatic hydroxyl groups is 1. The number of ether oxygens (including phenoxy) is 1. The summed E-state index contributed by atoms with van der Waals surface area (Å²) < 4.78 is 11.1. The predicted octanol–water partition coefficient (Wildman–Crippen LogP) is 4.58. The first-order valence-corrected chi connectivity index (χ1v) is 12.5. The van der Waals surface area contributed by atoms with Crippen LogP contribution in [0.2, 0.25) is 0 Å². The third kappa shape index (κ3) is 4.30. The number of hydrogen-bond donors (Lipinski definition) is 1. The second kappa shape index (κ2) is 9.12. The van der Waals surface area contributed by atoms with Crippen LogP contribution in [0.25, 0.3) is 11.4 Å². The third-order valence-corrected chi connectivity index (χ3v) is 7.82. The quantitative estimate of drug-likeness (QED) is 0.484. The van der Waals surface area contributed by atoms with Crippen molar-refractivity contribution in [3.63, 3.8) is 0 Å². The molecule has 1 saturated carbocycles. The van der Waals surface area contributed by atoms with Gasteiger partial charge in [0.2, 0.25) is 11.7 Å². The first-order valence-electron chi connectivity index (χ1n) is 12.5. The van der Waals surface area contributed by atoms with Crippen LogP contribution in [0.5, 0.6) is 0 Å². The van der Waals surface area contributed by atoms with Gasteiger partial charge in [-0.2, -0.15) is 4.98 Å². The van der Waals surface area contributed by atoms with E-state index in [0.29, 0.717) is 30.2 Å². The highest BCUT2D eigenvalue weighted by atomic mass is 16.5. The smallest absolute Gasteiger partial charge is 0.232 e. The van der Waals surface area contributed by atoms with Crippen molar-refractivity contribution in [1.82, 2.24) is 20.0 Å². The number of methoxy groups -OCH3 is 1. The van der Waals surface area contributed by atoms with Gasteiger partial charge in [0.1, 0.15) is 5.60 Å². The second-order valence-electron chi connectivity index (χ2n) is 11.0. The van der Waals surface area contributed by atoms with Gasteiger partial charge >= 0.3 is 0 Å². The van der Waals surface area contributed by atoms with Gasteiger partial charge in [-0.05, 0) is 48.9 Å². The van der Waals surface area contributed by atoms with E-state index in [-0.39, 0.29) is 11.3 Å². The highest BCUT2D eigenvalue weighted by molar-refractivity contribution is 5.56. The normalized spacial score (nSPS) is 20.4. The van der Waals surface area contributed by atoms with Crippen LogP contribution in [0, 0.1) is 11.3 Å². The van der Waals surface area contributed by atoms with Crippen LogP contribution in [-0.2, 0) is 10.3 Å². The van der Waals surface area contributed by atoms with Gasteiger partial charge in [-0.15, -0.1) is 0 Å². The molecule has 0 bridgehead atoms. The van der Waals surface area contributed by atoms with Gasteiger partial charge in [0.05, 0.1) is 12.5 Å². The Morgan fingerprint density at radius 3 is 2.49 bits per heavy atom. The first kappa shape index (κ1) is 24.1. The molecule has 2 aromatic heterocycles. The molecule has 0 radical (unpaired) electrons. The molecule has 1 aliphatic heterocycles. The highest BCUT2D eigenvalue weighted by Crippen LogP contribution is 2.50. The molecule has 0 spiro atoms. The van der Waals surface area contributed by atoms with E-state index in [1.54, 1.807) is 19.5 Å². The highest BCUT2D eigenvalue weighted by Gasteiger charge is 2.55. The molecule has 2 aliphatic rings. The van der Waals surface area contributed by atoms with Crippen molar-refractivity contribution >= 4 is 0 Å². The third-order valence-electron chi connectivity index (χ3n) is 7.82. The Balaban J connectivity index is 1.53. The van der Waals surface area contributed by atoms with Crippen molar-refractivity contribution in [2.45, 2.75) is 51.0 Å². The van der Waals surface area contributed by atoms with Gasteiger partial charge in [0.15, 0.2) is 0 Å². The van der Waals surface area contributed by atoms with E-state index in [0.717, 1.165) is 29.8 Å². The molecule has 7 heteroatoms. The molecule has 186 valence electrons. The lowest BCUT2D eigenvalue weighted by Crippen LogP contribution is -2.63. The fourth-order valence-electron chi connectivity index (χ4n) is 5.70. The minimum absolute atomic E-state index is 0.123. The SMILES string of the molecule is COCC(c1nc(-c2cncc(C(O)(c3ccc(C(C)C)cc3)C3(C)CN(C)C3)c2)no1)C1CC1. The fraction of sp³-hybridized carbons (Fsp3) is 0.536. The van der Waals surface area contributed by atoms with Crippen LogP contribution in [0.15, 0.2) is 47.2 Å². The molecule has 2 atom stereocenters. The van der Waals surface area contributed by atoms with Gasteiger partial charge in [-0.3, -0.25) is 4.98 Å². The lowest BCUT2D eigenvalue weighted by molar-refractivity contribution is -0.127. The van der Waals surface area contributed by atoms with Crippen LogP contribution >= 0.6 is 0 Å². The topological polar surface area (TPSA) is 84.5 Å². The maximum Gasteiger partial charge on any atom is 0.232 e. The fourth-order valence-corrected chi connectivity index (χ4v) is 5.70. The van der Waals surface area contributed by atoms with E-state index < -0.39 is 5.60 Å². The average Bonchev–Trinajstić information content (AvgIpc) is 3.56. The molecule has 0 amide bonds. The summed E-state index contributed by atoms with van der Waals surface area (Å²) >= 11 is 0. The number of benzene rings is 1. The Kier molecular flexibility index (Phi) is 6.28. The molecule has 1 saturated heterocycles. The molecule has 1 N–H and O–H groups in total. The lowest BCUT2D eigenvalue weighted by Gasteiger charge is -2.55. The summed E-state index contributed by atoms with van der Waals surface area (Å²) in [5, 5.41) is 16.7. The van der Waals surface area contributed by atoms with Crippen molar-refractivity contribution in [2.75, 3.05) is 33.9 Å². The maximum atomic E-state index is 12.4. The second-order valence-corrected chi connectivity index (χ2v) is 11.0. The molecule has 2 fully saturated rings. The largest absolute Gasteiger partial charge is 0.384 e. The zero-order chi connectivity index (χ0) is 24.8. The van der Waals surface area contributed by atoms with E-state index in [1.807, 2.05) is 6.07 Å². The minimum Gasteiger partial charge on any atom is -0.384 e. The van der Waals surface area contributed by atoms with E-state index in [1.165, 1.54) is 18.4 Å². The molecule has 1 aromatic carbocycles. The van der Waals surface area contributed by atoms with Crippen LogP contribution in [-0.4, -0.2) is 59.0 Å². The first-order chi connectivity index (χ1) is 16.7. The summed E-state index contributed by atoms with van der Waals surface area (Å²) in [6.07, 6.45) is 5.83. The summed E-state index contributed by atoms with van der Waals surface area (Å²) in [7, 11) is 3.78. The van der Waals surface area contributed by atoms with Crippen LogP contribution in [0.3, 0.4) is 0 Å². The van der Waals surface area contributed by atoms with E-state index in [9.17, 15) is 5.11 Å². The molecule has 1 aliphatic carbocycles. The van der Waals surface area contributed by atoms with Crippen LogP contribution in [0.4, 0.5) is 0 Å². The van der Waals surface area contributed by atoms with Gasteiger partial charge in [0.25, 0.3) is 0 Å². The van der Waals surface area contributed by atoms with Crippen LogP contribution in [0.1, 0.15) is 68.0 Å².